The molecule has 1 aromatic carbocycles. The van der Waals surface area contributed by atoms with E-state index in [4.69, 9.17) is 9.47 Å². The van der Waals surface area contributed by atoms with E-state index in [9.17, 15) is 0 Å². The van der Waals surface area contributed by atoms with Crippen molar-refractivity contribution in [3.05, 3.63) is 23.8 Å². The number of ether oxygens (including phenoxy) is 2. The van der Waals surface area contributed by atoms with Crippen molar-refractivity contribution in [1.82, 2.24) is 4.90 Å². The molecule has 1 fully saturated rings. The van der Waals surface area contributed by atoms with Gasteiger partial charge in [0.25, 0.3) is 0 Å². The van der Waals surface area contributed by atoms with Crippen molar-refractivity contribution < 1.29 is 9.47 Å². The number of hydrogen-bond donors (Lipinski definition) is 0. The number of piperidine rings is 1. The van der Waals surface area contributed by atoms with E-state index in [1.807, 2.05) is 6.07 Å². The van der Waals surface area contributed by atoms with Crippen LogP contribution in [0.25, 0.3) is 0 Å². The fraction of sp³-hybridized carbons (Fsp3) is 0.625. The van der Waals surface area contributed by atoms with Crippen LogP contribution < -0.4 is 9.47 Å². The Hall–Kier alpha value is -1.22. The normalized spacial score (nSPS) is 26.2. The molecule has 3 rings (SSSR count). The first kappa shape index (κ1) is 12.8. The predicted octanol–water partition coefficient (Wildman–Crippen LogP) is 3.05. The minimum atomic E-state index is 0.549. The van der Waals surface area contributed by atoms with Gasteiger partial charge in [-0.2, -0.15) is 0 Å². The number of rotatable bonds is 3. The van der Waals surface area contributed by atoms with Gasteiger partial charge in [0.15, 0.2) is 0 Å². The smallest absolute Gasteiger partial charge is 0.123 e. The number of nitrogens with zero attached hydrogens (tertiary/aromatic N) is 1. The first-order chi connectivity index (χ1) is 9.33. The highest BCUT2D eigenvalue weighted by atomic mass is 16.5. The summed E-state index contributed by atoms with van der Waals surface area (Å²) in [6.07, 6.45) is 3.78. The topological polar surface area (TPSA) is 21.7 Å². The summed E-state index contributed by atoms with van der Waals surface area (Å²) in [5, 5.41) is 0. The molecule has 0 aromatic heterocycles. The maximum atomic E-state index is 5.97. The molecule has 0 radical (unpaired) electrons. The van der Waals surface area contributed by atoms with E-state index in [0.717, 1.165) is 18.1 Å². The van der Waals surface area contributed by atoms with Gasteiger partial charge in [-0.25, -0.2) is 0 Å². The Morgan fingerprint density at radius 2 is 2.32 bits per heavy atom. The van der Waals surface area contributed by atoms with Gasteiger partial charge in [0, 0.05) is 11.5 Å². The SMILES string of the molecule is CCCN1CCC[C@@H]2c3cc(OC)ccc3OC[C@@H]21. The molecule has 0 amide bonds. The summed E-state index contributed by atoms with van der Waals surface area (Å²) in [4.78, 5) is 2.61. The standard InChI is InChI=1S/C16H23NO2/c1-3-8-17-9-4-5-13-14-10-12(18-2)6-7-16(14)19-11-15(13)17/h6-7,10,13,15H,3-5,8-9,11H2,1-2H3/t13-,15+/m1/s1. The van der Waals surface area contributed by atoms with Crippen molar-refractivity contribution in [1.29, 1.82) is 0 Å². The van der Waals surface area contributed by atoms with E-state index in [2.05, 4.69) is 24.0 Å². The molecular formula is C16H23NO2. The molecule has 0 aliphatic carbocycles. The lowest BCUT2D eigenvalue weighted by atomic mass is 9.81. The molecule has 19 heavy (non-hydrogen) atoms. The third kappa shape index (κ3) is 2.32. The zero-order chi connectivity index (χ0) is 13.2. The maximum absolute atomic E-state index is 5.97. The summed E-state index contributed by atoms with van der Waals surface area (Å²) >= 11 is 0. The third-order valence-corrected chi connectivity index (χ3v) is 4.43. The number of hydrogen-bond acceptors (Lipinski definition) is 3. The summed E-state index contributed by atoms with van der Waals surface area (Å²) in [5.41, 5.74) is 1.34. The molecule has 0 unspecified atom stereocenters. The Bertz CT molecular complexity index is 444. The summed E-state index contributed by atoms with van der Waals surface area (Å²) in [6.45, 7) is 5.50. The summed E-state index contributed by atoms with van der Waals surface area (Å²) in [7, 11) is 1.73. The molecule has 104 valence electrons. The molecule has 2 aliphatic rings. The van der Waals surface area contributed by atoms with Gasteiger partial charge in [0.1, 0.15) is 18.1 Å². The van der Waals surface area contributed by atoms with Crippen LogP contribution in [-0.2, 0) is 0 Å². The van der Waals surface area contributed by atoms with E-state index in [0.29, 0.717) is 12.0 Å². The molecule has 0 bridgehead atoms. The zero-order valence-corrected chi connectivity index (χ0v) is 11.9. The minimum Gasteiger partial charge on any atom is -0.497 e. The molecule has 2 atom stereocenters. The lowest BCUT2D eigenvalue weighted by Crippen LogP contribution is -2.49. The van der Waals surface area contributed by atoms with Gasteiger partial charge in [-0.05, 0) is 50.6 Å². The number of benzene rings is 1. The van der Waals surface area contributed by atoms with Gasteiger partial charge < -0.3 is 9.47 Å². The van der Waals surface area contributed by atoms with Crippen molar-refractivity contribution >= 4 is 0 Å². The highest BCUT2D eigenvalue weighted by Gasteiger charge is 2.37. The fourth-order valence-corrected chi connectivity index (χ4v) is 3.53. The maximum Gasteiger partial charge on any atom is 0.123 e. The van der Waals surface area contributed by atoms with E-state index in [1.165, 1.54) is 37.9 Å². The first-order valence-corrected chi connectivity index (χ1v) is 7.38. The monoisotopic (exact) mass is 261 g/mol. The average Bonchev–Trinajstić information content (AvgIpc) is 2.47. The minimum absolute atomic E-state index is 0.549. The van der Waals surface area contributed by atoms with E-state index >= 15 is 0 Å². The van der Waals surface area contributed by atoms with Crippen LogP contribution in [0.2, 0.25) is 0 Å². The van der Waals surface area contributed by atoms with Crippen molar-refractivity contribution in [2.24, 2.45) is 0 Å². The second kappa shape index (κ2) is 5.41. The van der Waals surface area contributed by atoms with Crippen LogP contribution in [0.1, 0.15) is 37.7 Å². The largest absolute Gasteiger partial charge is 0.497 e. The Morgan fingerprint density at radius 3 is 3.11 bits per heavy atom. The van der Waals surface area contributed by atoms with Gasteiger partial charge in [-0.3, -0.25) is 4.90 Å². The first-order valence-electron chi connectivity index (χ1n) is 7.38. The van der Waals surface area contributed by atoms with Gasteiger partial charge in [0.05, 0.1) is 13.2 Å². The van der Waals surface area contributed by atoms with Crippen LogP contribution in [0.4, 0.5) is 0 Å². The second-order valence-electron chi connectivity index (χ2n) is 5.57. The summed E-state index contributed by atoms with van der Waals surface area (Å²) in [6, 6.07) is 6.77. The average molecular weight is 261 g/mol. The van der Waals surface area contributed by atoms with Gasteiger partial charge in [0.2, 0.25) is 0 Å². The fourth-order valence-electron chi connectivity index (χ4n) is 3.53. The second-order valence-corrected chi connectivity index (χ2v) is 5.57. The number of methoxy groups -OCH3 is 1. The van der Waals surface area contributed by atoms with E-state index in [-0.39, 0.29) is 0 Å². The Balaban J connectivity index is 1.90. The van der Waals surface area contributed by atoms with Crippen molar-refractivity contribution in [2.45, 2.75) is 38.1 Å². The molecule has 0 saturated carbocycles. The molecule has 1 saturated heterocycles. The Morgan fingerprint density at radius 1 is 1.42 bits per heavy atom. The van der Waals surface area contributed by atoms with Crippen LogP contribution in [0, 0.1) is 0 Å². The zero-order valence-electron chi connectivity index (χ0n) is 11.9. The van der Waals surface area contributed by atoms with Crippen LogP contribution >= 0.6 is 0 Å². The molecule has 1 aromatic rings. The molecular weight excluding hydrogens is 238 g/mol. The number of likely N-dealkylation sites (tertiary alicyclic amines) is 1. The molecule has 0 N–H and O–H groups in total. The third-order valence-electron chi connectivity index (χ3n) is 4.43. The van der Waals surface area contributed by atoms with Crippen molar-refractivity contribution in [3.8, 4) is 11.5 Å². The highest BCUT2D eigenvalue weighted by molar-refractivity contribution is 5.44. The molecule has 3 nitrogen and oxygen atoms in total. The molecule has 2 aliphatic heterocycles. The lowest BCUT2D eigenvalue weighted by molar-refractivity contribution is 0.0658. The molecule has 2 heterocycles. The number of fused-ring (bicyclic) bond motifs is 3. The Labute approximate surface area is 115 Å². The van der Waals surface area contributed by atoms with Crippen molar-refractivity contribution in [3.63, 3.8) is 0 Å². The van der Waals surface area contributed by atoms with Gasteiger partial charge in [-0.1, -0.05) is 6.92 Å². The quantitative estimate of drug-likeness (QED) is 0.834. The Kier molecular flexibility index (Phi) is 3.65. The van der Waals surface area contributed by atoms with E-state index in [1.54, 1.807) is 7.11 Å². The van der Waals surface area contributed by atoms with E-state index < -0.39 is 0 Å². The summed E-state index contributed by atoms with van der Waals surface area (Å²) < 4.78 is 11.3. The van der Waals surface area contributed by atoms with Gasteiger partial charge in [-0.15, -0.1) is 0 Å². The van der Waals surface area contributed by atoms with Crippen LogP contribution in [0.3, 0.4) is 0 Å². The van der Waals surface area contributed by atoms with Crippen LogP contribution in [-0.4, -0.2) is 37.7 Å². The summed E-state index contributed by atoms with van der Waals surface area (Å²) in [5.74, 6) is 2.61. The van der Waals surface area contributed by atoms with Crippen molar-refractivity contribution in [2.75, 3.05) is 26.8 Å². The van der Waals surface area contributed by atoms with Crippen LogP contribution in [0.15, 0.2) is 18.2 Å². The molecule has 0 spiro atoms. The molecule has 3 heteroatoms. The lowest BCUT2D eigenvalue weighted by Gasteiger charge is -2.44. The highest BCUT2D eigenvalue weighted by Crippen LogP contribution is 2.42. The van der Waals surface area contributed by atoms with Crippen LogP contribution in [0.5, 0.6) is 11.5 Å². The van der Waals surface area contributed by atoms with Gasteiger partial charge >= 0.3 is 0 Å². The predicted molar refractivity (Wildman–Crippen MR) is 76.1 cm³/mol.